The first kappa shape index (κ1) is 23.7. The van der Waals surface area contributed by atoms with Crippen LogP contribution in [0.3, 0.4) is 0 Å². The first-order valence-electron chi connectivity index (χ1n) is 11.8. The molecule has 178 valence electrons. The van der Waals surface area contributed by atoms with Crippen molar-refractivity contribution >= 4 is 11.5 Å². The van der Waals surface area contributed by atoms with Crippen LogP contribution in [-0.4, -0.2) is 22.0 Å². The van der Waals surface area contributed by atoms with Gasteiger partial charge in [0.25, 0.3) is 0 Å². The smallest absolute Gasteiger partial charge is 0.181 e. The van der Waals surface area contributed by atoms with Gasteiger partial charge in [-0.3, -0.25) is 4.40 Å². The number of aromatic nitrogens is 2. The van der Waals surface area contributed by atoms with E-state index < -0.39 is 0 Å². The molecule has 0 fully saturated rings. The van der Waals surface area contributed by atoms with Gasteiger partial charge in [0.2, 0.25) is 0 Å². The molecule has 0 saturated carbocycles. The molecule has 0 aliphatic carbocycles. The number of pyridine rings is 1. The van der Waals surface area contributed by atoms with Crippen LogP contribution in [0.4, 0.5) is 5.82 Å². The van der Waals surface area contributed by atoms with E-state index in [-0.39, 0.29) is 11.0 Å². The lowest BCUT2D eigenvalue weighted by atomic mass is 9.82. The molecule has 0 spiro atoms. The normalized spacial score (nSPS) is 12.1. The lowest BCUT2D eigenvalue weighted by molar-refractivity contribution is 0.301. The number of imidazole rings is 1. The van der Waals surface area contributed by atoms with Crippen LogP contribution in [0.15, 0.2) is 72.9 Å². The Morgan fingerprint density at radius 1 is 0.912 bits per heavy atom. The van der Waals surface area contributed by atoms with E-state index in [1.165, 1.54) is 0 Å². The van der Waals surface area contributed by atoms with E-state index in [4.69, 9.17) is 14.5 Å². The summed E-state index contributed by atoms with van der Waals surface area (Å²) in [7, 11) is 1.68. The van der Waals surface area contributed by atoms with Crippen LogP contribution in [-0.2, 0) is 6.61 Å². The third-order valence-electron chi connectivity index (χ3n) is 5.62. The molecule has 0 amide bonds. The average molecular weight is 458 g/mol. The summed E-state index contributed by atoms with van der Waals surface area (Å²) in [4.78, 5) is 5.07. The summed E-state index contributed by atoms with van der Waals surface area (Å²) in [5.74, 6) is 2.50. The quantitative estimate of drug-likeness (QED) is 0.303. The van der Waals surface area contributed by atoms with Crippen LogP contribution < -0.4 is 14.8 Å². The number of ether oxygens (including phenoxy) is 2. The molecule has 0 aliphatic heterocycles. The second-order valence-corrected chi connectivity index (χ2v) is 10.6. The Bertz CT molecular complexity index is 1250. The molecular formula is C29H35N3O2. The minimum Gasteiger partial charge on any atom is -0.497 e. The molecule has 1 N–H and O–H groups in total. The van der Waals surface area contributed by atoms with Gasteiger partial charge in [-0.1, -0.05) is 63.2 Å². The molecule has 0 atom stereocenters. The highest BCUT2D eigenvalue weighted by atomic mass is 16.5. The first-order valence-corrected chi connectivity index (χ1v) is 11.8. The van der Waals surface area contributed by atoms with Crippen molar-refractivity contribution < 1.29 is 9.47 Å². The number of hydrogen-bond acceptors (Lipinski definition) is 4. The maximum atomic E-state index is 6.23. The third kappa shape index (κ3) is 5.53. The molecule has 2 aromatic carbocycles. The molecular weight excluding hydrogens is 422 g/mol. The van der Waals surface area contributed by atoms with Crippen molar-refractivity contribution in [3.05, 3.63) is 78.5 Å². The zero-order valence-corrected chi connectivity index (χ0v) is 21.1. The molecule has 4 aromatic rings. The minimum absolute atomic E-state index is 0.150. The zero-order chi connectivity index (χ0) is 24.3. The summed E-state index contributed by atoms with van der Waals surface area (Å²) in [6.07, 6.45) is 3.03. The summed E-state index contributed by atoms with van der Waals surface area (Å²) in [6, 6.07) is 22.2. The number of fused-ring (bicyclic) bond motifs is 1. The fraction of sp³-hybridized carbons (Fsp3) is 0.345. The van der Waals surface area contributed by atoms with Gasteiger partial charge in [0.1, 0.15) is 23.9 Å². The van der Waals surface area contributed by atoms with E-state index in [1.54, 1.807) is 7.11 Å². The molecule has 0 saturated heterocycles. The van der Waals surface area contributed by atoms with Gasteiger partial charge in [-0.25, -0.2) is 4.98 Å². The zero-order valence-electron chi connectivity index (χ0n) is 21.1. The average Bonchev–Trinajstić information content (AvgIpc) is 3.15. The van der Waals surface area contributed by atoms with Crippen molar-refractivity contribution in [2.24, 2.45) is 5.41 Å². The highest BCUT2D eigenvalue weighted by Crippen LogP contribution is 2.37. The van der Waals surface area contributed by atoms with Gasteiger partial charge in [-0.05, 0) is 55.5 Å². The number of nitrogens with zero attached hydrogens (tertiary/aromatic N) is 2. The molecule has 0 bridgehead atoms. The van der Waals surface area contributed by atoms with Gasteiger partial charge in [0, 0.05) is 17.3 Å². The number of nitrogens with one attached hydrogen (secondary N) is 1. The summed E-state index contributed by atoms with van der Waals surface area (Å²) in [5, 5.41) is 3.81. The van der Waals surface area contributed by atoms with Crippen molar-refractivity contribution in [1.82, 2.24) is 9.38 Å². The maximum Gasteiger partial charge on any atom is 0.181 e. The molecule has 5 nitrogen and oxygen atoms in total. The predicted molar refractivity (Wildman–Crippen MR) is 140 cm³/mol. The van der Waals surface area contributed by atoms with Crippen molar-refractivity contribution in [3.63, 3.8) is 0 Å². The van der Waals surface area contributed by atoms with E-state index >= 15 is 0 Å². The Kier molecular flexibility index (Phi) is 6.56. The van der Waals surface area contributed by atoms with E-state index in [2.05, 4.69) is 62.5 Å². The molecule has 0 radical (unpaired) electrons. The van der Waals surface area contributed by atoms with Crippen LogP contribution in [0.2, 0.25) is 0 Å². The van der Waals surface area contributed by atoms with Crippen LogP contribution in [0, 0.1) is 5.41 Å². The number of methoxy groups -OCH3 is 1. The second-order valence-electron chi connectivity index (χ2n) is 10.6. The summed E-state index contributed by atoms with van der Waals surface area (Å²) >= 11 is 0. The molecule has 4 rings (SSSR count). The highest BCUT2D eigenvalue weighted by Gasteiger charge is 2.28. The van der Waals surface area contributed by atoms with Gasteiger partial charge >= 0.3 is 0 Å². The van der Waals surface area contributed by atoms with Crippen molar-refractivity contribution in [1.29, 1.82) is 0 Å². The molecule has 34 heavy (non-hydrogen) atoms. The van der Waals surface area contributed by atoms with E-state index in [0.717, 1.165) is 46.2 Å². The lowest BCUT2D eigenvalue weighted by Gasteiger charge is -2.34. The monoisotopic (exact) mass is 457 g/mol. The van der Waals surface area contributed by atoms with Crippen LogP contribution in [0.25, 0.3) is 16.9 Å². The SMILES string of the molecule is COc1cccc(-c2nc3c(OCc4ccccc4)cccn3c2NC(C)(C)CC(C)(C)C)c1. The van der Waals surface area contributed by atoms with Crippen molar-refractivity contribution in [3.8, 4) is 22.8 Å². The summed E-state index contributed by atoms with van der Waals surface area (Å²) < 4.78 is 13.8. The lowest BCUT2D eigenvalue weighted by Crippen LogP contribution is -2.36. The number of benzene rings is 2. The molecule has 5 heteroatoms. The van der Waals surface area contributed by atoms with Crippen LogP contribution in [0.1, 0.15) is 46.6 Å². The number of anilines is 1. The van der Waals surface area contributed by atoms with Gasteiger partial charge in [-0.15, -0.1) is 0 Å². The first-order chi connectivity index (χ1) is 16.1. The van der Waals surface area contributed by atoms with E-state index in [1.807, 2.05) is 54.7 Å². The summed E-state index contributed by atoms with van der Waals surface area (Å²) in [5.41, 5.74) is 3.79. The Balaban J connectivity index is 1.80. The Morgan fingerprint density at radius 3 is 2.38 bits per heavy atom. The fourth-order valence-electron chi connectivity index (χ4n) is 4.67. The highest BCUT2D eigenvalue weighted by molar-refractivity contribution is 5.79. The van der Waals surface area contributed by atoms with Gasteiger partial charge in [-0.2, -0.15) is 0 Å². The molecule has 0 aliphatic rings. The second kappa shape index (κ2) is 9.41. The third-order valence-corrected chi connectivity index (χ3v) is 5.62. The van der Waals surface area contributed by atoms with Crippen LogP contribution >= 0.6 is 0 Å². The number of rotatable bonds is 8. The molecule has 2 heterocycles. The largest absolute Gasteiger partial charge is 0.497 e. The Morgan fingerprint density at radius 2 is 1.68 bits per heavy atom. The van der Waals surface area contributed by atoms with Crippen LogP contribution in [0.5, 0.6) is 11.5 Å². The van der Waals surface area contributed by atoms with Gasteiger partial charge in [0.05, 0.1) is 7.11 Å². The van der Waals surface area contributed by atoms with Gasteiger partial charge < -0.3 is 14.8 Å². The molecule has 0 unspecified atom stereocenters. The summed E-state index contributed by atoms with van der Waals surface area (Å²) in [6.45, 7) is 11.8. The van der Waals surface area contributed by atoms with Crippen molar-refractivity contribution in [2.45, 2.75) is 53.2 Å². The number of hydrogen-bond donors (Lipinski definition) is 1. The fourth-order valence-corrected chi connectivity index (χ4v) is 4.67. The van der Waals surface area contributed by atoms with E-state index in [9.17, 15) is 0 Å². The topological polar surface area (TPSA) is 47.8 Å². The van der Waals surface area contributed by atoms with Crippen molar-refractivity contribution in [2.75, 3.05) is 12.4 Å². The predicted octanol–water partition coefficient (Wildman–Crippen LogP) is 7.22. The minimum atomic E-state index is -0.150. The Hall–Kier alpha value is -3.47. The molecule has 2 aromatic heterocycles. The Labute approximate surface area is 202 Å². The van der Waals surface area contributed by atoms with Gasteiger partial charge in [0.15, 0.2) is 11.4 Å². The van der Waals surface area contributed by atoms with E-state index in [0.29, 0.717) is 6.61 Å². The maximum absolute atomic E-state index is 6.23. The standard InChI is InChI=1S/C29H35N3O2/c1-28(2,3)20-29(4,5)31-27-25(22-14-10-15-23(18-22)33-6)30-26-24(16-11-17-32(26)27)34-19-21-12-8-7-9-13-21/h7-18,31H,19-20H2,1-6H3.